The van der Waals surface area contributed by atoms with Crippen LogP contribution < -0.4 is 5.73 Å². The fourth-order valence-electron chi connectivity index (χ4n) is 2.06. The number of rotatable bonds is 3. The first kappa shape index (κ1) is 15.2. The molecule has 2 aromatic rings. The number of hydrogen-bond acceptors (Lipinski definition) is 3. The van der Waals surface area contributed by atoms with Crippen LogP contribution in [0, 0.1) is 0 Å². The number of nitrogens with two attached hydrogens (primary N) is 1. The predicted molar refractivity (Wildman–Crippen MR) is 88.2 cm³/mol. The van der Waals surface area contributed by atoms with Crippen LogP contribution in [0.25, 0.3) is 11.3 Å². The molecule has 2 N–H and O–H groups in total. The third-order valence-corrected chi connectivity index (χ3v) is 4.05. The number of thiazole rings is 1. The molecule has 1 heterocycles. The number of benzene rings is 1. The lowest BCUT2D eigenvalue weighted by Crippen LogP contribution is -2.34. The molecule has 0 radical (unpaired) electrons. The van der Waals surface area contributed by atoms with Crippen LogP contribution in [0.15, 0.2) is 29.6 Å². The van der Waals surface area contributed by atoms with Gasteiger partial charge in [0.15, 0.2) is 0 Å². The van der Waals surface area contributed by atoms with Crippen molar-refractivity contribution in [3.63, 3.8) is 0 Å². The summed E-state index contributed by atoms with van der Waals surface area (Å²) in [7, 11) is 0. The van der Waals surface area contributed by atoms with E-state index in [4.69, 9.17) is 10.7 Å². The van der Waals surface area contributed by atoms with Crippen LogP contribution >= 0.6 is 11.3 Å². The lowest BCUT2D eigenvalue weighted by atomic mass is 9.86. The van der Waals surface area contributed by atoms with Gasteiger partial charge in [0.25, 0.3) is 0 Å². The van der Waals surface area contributed by atoms with Crippen LogP contribution in [0.1, 0.15) is 45.2 Å². The first-order chi connectivity index (χ1) is 9.15. The van der Waals surface area contributed by atoms with Gasteiger partial charge in [-0.05, 0) is 24.8 Å². The summed E-state index contributed by atoms with van der Waals surface area (Å²) in [6.07, 6.45) is 0.817. The van der Waals surface area contributed by atoms with Crippen LogP contribution in [-0.2, 0) is 11.8 Å². The second kappa shape index (κ2) is 5.30. The van der Waals surface area contributed by atoms with E-state index in [1.54, 1.807) is 11.3 Å². The van der Waals surface area contributed by atoms with Gasteiger partial charge in [0, 0.05) is 22.9 Å². The van der Waals surface area contributed by atoms with Gasteiger partial charge in [-0.1, -0.05) is 45.0 Å². The molecule has 0 aliphatic rings. The Balaban J connectivity index is 2.20. The van der Waals surface area contributed by atoms with Crippen LogP contribution in [-0.4, -0.2) is 10.5 Å². The van der Waals surface area contributed by atoms with Crippen molar-refractivity contribution in [3.8, 4) is 11.3 Å². The molecule has 2 nitrogen and oxygen atoms in total. The summed E-state index contributed by atoms with van der Waals surface area (Å²) in [4.78, 5) is 4.70. The molecule has 0 bridgehead atoms. The molecule has 108 valence electrons. The highest BCUT2D eigenvalue weighted by Gasteiger charge is 2.16. The van der Waals surface area contributed by atoms with E-state index in [-0.39, 0.29) is 11.0 Å². The van der Waals surface area contributed by atoms with E-state index in [0.717, 1.165) is 17.1 Å². The van der Waals surface area contributed by atoms with E-state index < -0.39 is 0 Å². The molecule has 0 amide bonds. The molecule has 0 saturated heterocycles. The van der Waals surface area contributed by atoms with Gasteiger partial charge in [0.1, 0.15) is 0 Å². The minimum Gasteiger partial charge on any atom is -0.325 e. The second-order valence-electron chi connectivity index (χ2n) is 7.12. The third kappa shape index (κ3) is 3.90. The SMILES string of the molecule is CC(C)(N)Cc1nc(-c2ccc(C(C)(C)C)cc2)cs1. The largest absolute Gasteiger partial charge is 0.325 e. The normalized spacial score (nSPS) is 12.7. The van der Waals surface area contributed by atoms with Crippen molar-refractivity contribution in [1.29, 1.82) is 0 Å². The molecule has 0 saturated carbocycles. The first-order valence-corrected chi connectivity index (χ1v) is 7.87. The Morgan fingerprint density at radius 1 is 1.05 bits per heavy atom. The van der Waals surface area contributed by atoms with E-state index in [1.165, 1.54) is 11.1 Å². The summed E-state index contributed by atoms with van der Waals surface area (Å²) in [6, 6.07) is 8.71. The van der Waals surface area contributed by atoms with Gasteiger partial charge in [0.05, 0.1) is 10.7 Å². The zero-order valence-corrected chi connectivity index (χ0v) is 13.8. The number of hydrogen-bond donors (Lipinski definition) is 1. The highest BCUT2D eigenvalue weighted by Crippen LogP contribution is 2.27. The summed E-state index contributed by atoms with van der Waals surface area (Å²) < 4.78 is 0. The zero-order chi connectivity index (χ0) is 15.0. The van der Waals surface area contributed by atoms with Gasteiger partial charge in [-0.15, -0.1) is 11.3 Å². The molecule has 0 spiro atoms. The average molecular weight is 288 g/mol. The van der Waals surface area contributed by atoms with Crippen LogP contribution in [0.2, 0.25) is 0 Å². The minimum absolute atomic E-state index is 0.190. The first-order valence-electron chi connectivity index (χ1n) is 6.99. The summed E-state index contributed by atoms with van der Waals surface area (Å²) in [5, 5.41) is 3.22. The highest BCUT2D eigenvalue weighted by atomic mass is 32.1. The Kier molecular flexibility index (Phi) is 4.03. The van der Waals surface area contributed by atoms with E-state index in [0.29, 0.717) is 0 Å². The van der Waals surface area contributed by atoms with Crippen molar-refractivity contribution >= 4 is 11.3 Å². The lowest BCUT2D eigenvalue weighted by Gasteiger charge is -2.19. The Bertz CT molecular complexity index is 568. The van der Waals surface area contributed by atoms with E-state index in [1.807, 2.05) is 13.8 Å². The van der Waals surface area contributed by atoms with Gasteiger partial charge in [-0.3, -0.25) is 0 Å². The minimum atomic E-state index is -0.203. The quantitative estimate of drug-likeness (QED) is 0.910. The Morgan fingerprint density at radius 3 is 2.15 bits per heavy atom. The van der Waals surface area contributed by atoms with Gasteiger partial charge < -0.3 is 5.73 Å². The standard InChI is InChI=1S/C17H24N2S/c1-16(2,3)13-8-6-12(7-9-13)14-11-20-15(19-14)10-17(4,5)18/h6-9,11H,10,18H2,1-5H3. The van der Waals surface area contributed by atoms with Crippen molar-refractivity contribution in [2.24, 2.45) is 5.73 Å². The Hall–Kier alpha value is -1.19. The third-order valence-electron chi connectivity index (χ3n) is 3.21. The summed E-state index contributed by atoms with van der Waals surface area (Å²) >= 11 is 1.69. The fourth-order valence-corrected chi connectivity index (χ4v) is 3.10. The van der Waals surface area contributed by atoms with Gasteiger partial charge >= 0.3 is 0 Å². The molecule has 1 aromatic heterocycles. The summed E-state index contributed by atoms with van der Waals surface area (Å²) in [5.74, 6) is 0. The Morgan fingerprint density at radius 2 is 1.65 bits per heavy atom. The number of nitrogens with zero attached hydrogens (tertiary/aromatic N) is 1. The Labute approximate surface area is 126 Å². The molecular weight excluding hydrogens is 264 g/mol. The van der Waals surface area contributed by atoms with E-state index in [9.17, 15) is 0 Å². The average Bonchev–Trinajstić information content (AvgIpc) is 2.74. The molecule has 0 atom stereocenters. The molecule has 0 unspecified atom stereocenters. The summed E-state index contributed by atoms with van der Waals surface area (Å²) in [5.41, 5.74) is 9.61. The van der Waals surface area contributed by atoms with Gasteiger partial charge in [-0.2, -0.15) is 0 Å². The monoisotopic (exact) mass is 288 g/mol. The maximum absolute atomic E-state index is 6.05. The van der Waals surface area contributed by atoms with Gasteiger partial charge in [0.2, 0.25) is 0 Å². The molecule has 0 aliphatic carbocycles. The topological polar surface area (TPSA) is 38.9 Å². The van der Waals surface area contributed by atoms with Crippen molar-refractivity contribution in [3.05, 3.63) is 40.2 Å². The van der Waals surface area contributed by atoms with Crippen molar-refractivity contribution in [2.75, 3.05) is 0 Å². The lowest BCUT2D eigenvalue weighted by molar-refractivity contribution is 0.515. The maximum atomic E-state index is 6.05. The van der Waals surface area contributed by atoms with Crippen molar-refractivity contribution < 1.29 is 0 Å². The van der Waals surface area contributed by atoms with Gasteiger partial charge in [-0.25, -0.2) is 4.98 Å². The molecular formula is C17H24N2S. The van der Waals surface area contributed by atoms with Crippen molar-refractivity contribution in [2.45, 2.75) is 52.0 Å². The second-order valence-corrected chi connectivity index (χ2v) is 8.06. The zero-order valence-electron chi connectivity index (χ0n) is 13.0. The van der Waals surface area contributed by atoms with Crippen LogP contribution in [0.4, 0.5) is 0 Å². The fraction of sp³-hybridized carbons (Fsp3) is 0.471. The summed E-state index contributed by atoms with van der Waals surface area (Å²) in [6.45, 7) is 10.8. The van der Waals surface area contributed by atoms with Crippen LogP contribution in [0.5, 0.6) is 0 Å². The number of aromatic nitrogens is 1. The highest BCUT2D eigenvalue weighted by molar-refractivity contribution is 7.09. The molecule has 20 heavy (non-hydrogen) atoms. The van der Waals surface area contributed by atoms with E-state index in [2.05, 4.69) is 50.4 Å². The predicted octanol–water partition coefficient (Wildman–Crippen LogP) is 4.39. The molecule has 0 aliphatic heterocycles. The maximum Gasteiger partial charge on any atom is 0.0950 e. The van der Waals surface area contributed by atoms with Crippen LogP contribution in [0.3, 0.4) is 0 Å². The molecule has 3 heteroatoms. The van der Waals surface area contributed by atoms with E-state index >= 15 is 0 Å². The molecule has 2 rings (SSSR count). The smallest absolute Gasteiger partial charge is 0.0950 e. The van der Waals surface area contributed by atoms with Crippen molar-refractivity contribution in [1.82, 2.24) is 4.98 Å². The molecule has 0 fully saturated rings. The molecule has 1 aromatic carbocycles.